The van der Waals surface area contributed by atoms with Gasteiger partial charge >= 0.3 is 0 Å². The molecule has 2 aromatic rings. The zero-order valence-electron chi connectivity index (χ0n) is 11.1. The molecule has 0 radical (unpaired) electrons. The summed E-state index contributed by atoms with van der Waals surface area (Å²) in [6.07, 6.45) is 1.36. The molecule has 20 heavy (non-hydrogen) atoms. The Balaban J connectivity index is 2.33. The van der Waals surface area contributed by atoms with Gasteiger partial charge in [-0.15, -0.1) is 0 Å². The number of aromatic nitrogens is 2. The van der Waals surface area contributed by atoms with E-state index in [1.165, 1.54) is 18.3 Å². The van der Waals surface area contributed by atoms with Crippen LogP contribution in [0.15, 0.2) is 29.4 Å². The number of hydrogen-bond donors (Lipinski definition) is 2. The van der Waals surface area contributed by atoms with Crippen LogP contribution in [0.25, 0.3) is 0 Å². The van der Waals surface area contributed by atoms with E-state index in [0.29, 0.717) is 11.4 Å². The van der Waals surface area contributed by atoms with Gasteiger partial charge in [-0.3, -0.25) is 4.72 Å². The Bertz CT molecular complexity index is 720. The molecule has 0 aliphatic carbocycles. The summed E-state index contributed by atoms with van der Waals surface area (Å²) in [5.41, 5.74) is 5.84. The maximum Gasteiger partial charge on any atom is 0.281 e. The number of nitrogens with zero attached hydrogens (tertiary/aromatic N) is 2. The number of nitrogens with two attached hydrogens (primary N) is 1. The van der Waals surface area contributed by atoms with Crippen LogP contribution >= 0.6 is 0 Å². The average molecular weight is 298 g/mol. The van der Waals surface area contributed by atoms with E-state index in [9.17, 15) is 12.8 Å². The number of halogens is 1. The van der Waals surface area contributed by atoms with E-state index < -0.39 is 15.8 Å². The zero-order chi connectivity index (χ0) is 14.9. The number of sulfonamides is 1. The molecule has 0 saturated heterocycles. The lowest BCUT2D eigenvalue weighted by Crippen LogP contribution is -2.14. The van der Waals surface area contributed by atoms with E-state index in [4.69, 9.17) is 5.73 Å². The highest BCUT2D eigenvalue weighted by Gasteiger charge is 2.20. The van der Waals surface area contributed by atoms with Crippen molar-refractivity contribution in [1.82, 2.24) is 9.55 Å². The lowest BCUT2D eigenvalue weighted by Gasteiger charge is -2.07. The molecular formula is C12H15FN4O2S. The van der Waals surface area contributed by atoms with Crippen LogP contribution in [0, 0.1) is 12.7 Å². The fourth-order valence-corrected chi connectivity index (χ4v) is 2.73. The molecule has 1 heterocycles. The molecule has 0 aliphatic heterocycles. The number of rotatable bonds is 4. The summed E-state index contributed by atoms with van der Waals surface area (Å²) in [5.74, 6) is -0.131. The maximum absolute atomic E-state index is 13.8. The van der Waals surface area contributed by atoms with Gasteiger partial charge in [0.1, 0.15) is 11.6 Å². The highest BCUT2D eigenvalue weighted by atomic mass is 32.2. The minimum Gasteiger partial charge on any atom is -0.337 e. The van der Waals surface area contributed by atoms with Gasteiger partial charge in [0.2, 0.25) is 0 Å². The summed E-state index contributed by atoms with van der Waals surface area (Å²) in [5, 5.41) is -0.153. The van der Waals surface area contributed by atoms with Gasteiger partial charge in [0.15, 0.2) is 5.03 Å². The van der Waals surface area contributed by atoms with E-state index in [1.54, 1.807) is 24.6 Å². The van der Waals surface area contributed by atoms with Gasteiger partial charge in [0.05, 0.1) is 5.69 Å². The molecule has 8 heteroatoms. The summed E-state index contributed by atoms with van der Waals surface area (Å²) < 4.78 is 41.7. The molecule has 0 fully saturated rings. The largest absolute Gasteiger partial charge is 0.337 e. The van der Waals surface area contributed by atoms with Crippen molar-refractivity contribution < 1.29 is 12.8 Å². The minimum absolute atomic E-state index is 0.134. The number of benzene rings is 1. The first-order valence-electron chi connectivity index (χ1n) is 5.85. The third-order valence-corrected chi connectivity index (χ3v) is 4.11. The summed E-state index contributed by atoms with van der Waals surface area (Å²) >= 11 is 0. The van der Waals surface area contributed by atoms with Gasteiger partial charge in [-0.2, -0.15) is 8.42 Å². The zero-order valence-corrected chi connectivity index (χ0v) is 11.9. The molecule has 0 atom stereocenters. The van der Waals surface area contributed by atoms with Crippen molar-refractivity contribution in [3.05, 3.63) is 41.6 Å². The third-order valence-electron chi connectivity index (χ3n) is 2.88. The first-order valence-corrected chi connectivity index (χ1v) is 7.33. The number of hydrogen-bond acceptors (Lipinski definition) is 4. The maximum atomic E-state index is 13.8. The molecule has 0 unspecified atom stereocenters. The Morgan fingerprint density at radius 1 is 1.45 bits per heavy atom. The van der Waals surface area contributed by atoms with Gasteiger partial charge in [-0.25, -0.2) is 9.37 Å². The Morgan fingerprint density at radius 2 is 2.15 bits per heavy atom. The van der Waals surface area contributed by atoms with Crippen molar-refractivity contribution in [2.24, 2.45) is 12.8 Å². The van der Waals surface area contributed by atoms with E-state index in [0.717, 1.165) is 0 Å². The van der Waals surface area contributed by atoms with Crippen LogP contribution in [0.4, 0.5) is 10.1 Å². The Morgan fingerprint density at radius 3 is 2.65 bits per heavy atom. The normalized spacial score (nSPS) is 11.6. The predicted octanol–water partition coefficient (Wildman–Crippen LogP) is 1.13. The minimum atomic E-state index is -3.91. The highest BCUT2D eigenvalue weighted by Crippen LogP contribution is 2.19. The van der Waals surface area contributed by atoms with E-state index >= 15 is 0 Å². The molecule has 108 valence electrons. The summed E-state index contributed by atoms with van der Waals surface area (Å²) in [4.78, 5) is 3.91. The smallest absolute Gasteiger partial charge is 0.281 e. The van der Waals surface area contributed by atoms with Crippen LogP contribution in [-0.2, 0) is 23.6 Å². The average Bonchev–Trinajstić information content (AvgIpc) is 2.73. The molecular weight excluding hydrogens is 283 g/mol. The standard InChI is InChI=1S/C12H15FN4O2S/c1-8-15-12(7-17(8)2)20(18,19)16-11-4-3-9(6-14)5-10(11)13/h3-5,7,16H,6,14H2,1-2H3. The van der Waals surface area contributed by atoms with Crippen LogP contribution in [-0.4, -0.2) is 18.0 Å². The van der Waals surface area contributed by atoms with Gasteiger partial charge in [0.25, 0.3) is 10.0 Å². The van der Waals surface area contributed by atoms with Crippen LogP contribution < -0.4 is 10.5 Å². The summed E-state index contributed by atoms with van der Waals surface area (Å²) in [6.45, 7) is 1.86. The second-order valence-corrected chi connectivity index (χ2v) is 5.99. The first kappa shape index (κ1) is 14.5. The van der Waals surface area contributed by atoms with E-state index in [1.807, 2.05) is 0 Å². The molecule has 3 N–H and O–H groups in total. The van der Waals surface area contributed by atoms with Crippen LogP contribution in [0.5, 0.6) is 0 Å². The monoisotopic (exact) mass is 298 g/mol. The van der Waals surface area contributed by atoms with Crippen molar-refractivity contribution in [1.29, 1.82) is 0 Å². The number of anilines is 1. The molecule has 0 saturated carbocycles. The second-order valence-electron chi connectivity index (χ2n) is 4.36. The van der Waals surface area contributed by atoms with Gasteiger partial charge < -0.3 is 10.3 Å². The van der Waals surface area contributed by atoms with Crippen molar-refractivity contribution in [3.8, 4) is 0 Å². The lowest BCUT2D eigenvalue weighted by molar-refractivity contribution is 0.595. The lowest BCUT2D eigenvalue weighted by atomic mass is 10.2. The summed E-state index contributed by atoms with van der Waals surface area (Å²) in [7, 11) is -2.23. The molecule has 0 spiro atoms. The quantitative estimate of drug-likeness (QED) is 0.885. The van der Waals surface area contributed by atoms with Gasteiger partial charge in [-0.05, 0) is 24.6 Å². The highest BCUT2D eigenvalue weighted by molar-refractivity contribution is 7.92. The Hall–Kier alpha value is -1.93. The fourth-order valence-electron chi connectivity index (χ4n) is 1.62. The Labute approximate surface area is 116 Å². The van der Waals surface area contributed by atoms with Crippen molar-refractivity contribution in [2.45, 2.75) is 18.5 Å². The second kappa shape index (κ2) is 5.22. The Kier molecular flexibility index (Phi) is 3.78. The molecule has 0 bridgehead atoms. The van der Waals surface area contributed by atoms with Gasteiger partial charge in [0, 0.05) is 19.8 Å². The van der Waals surface area contributed by atoms with Crippen LogP contribution in [0.1, 0.15) is 11.4 Å². The first-order chi connectivity index (χ1) is 9.33. The number of nitrogens with one attached hydrogen (secondary N) is 1. The van der Waals surface area contributed by atoms with E-state index in [-0.39, 0.29) is 17.3 Å². The molecule has 1 aromatic heterocycles. The van der Waals surface area contributed by atoms with Crippen molar-refractivity contribution >= 4 is 15.7 Å². The molecule has 0 amide bonds. The van der Waals surface area contributed by atoms with E-state index in [2.05, 4.69) is 9.71 Å². The van der Waals surface area contributed by atoms with Crippen molar-refractivity contribution in [2.75, 3.05) is 4.72 Å². The van der Waals surface area contributed by atoms with Crippen LogP contribution in [0.2, 0.25) is 0 Å². The molecule has 6 nitrogen and oxygen atoms in total. The third kappa shape index (κ3) is 2.81. The SMILES string of the molecule is Cc1nc(S(=O)(=O)Nc2ccc(CN)cc2F)cn1C. The van der Waals surface area contributed by atoms with Crippen molar-refractivity contribution in [3.63, 3.8) is 0 Å². The number of imidazole rings is 1. The predicted molar refractivity (Wildman–Crippen MR) is 73.0 cm³/mol. The fraction of sp³-hybridized carbons (Fsp3) is 0.250. The molecule has 0 aliphatic rings. The summed E-state index contributed by atoms with van der Waals surface area (Å²) in [6, 6.07) is 4.09. The molecule has 1 aromatic carbocycles. The molecule has 2 rings (SSSR count). The van der Waals surface area contributed by atoms with Crippen LogP contribution in [0.3, 0.4) is 0 Å². The van der Waals surface area contributed by atoms with Gasteiger partial charge in [-0.1, -0.05) is 6.07 Å². The topological polar surface area (TPSA) is 90.0 Å². The number of aryl methyl sites for hydroxylation is 2.